The zero-order chi connectivity index (χ0) is 12.5. The molecule has 0 unspecified atom stereocenters. The third-order valence-corrected chi connectivity index (χ3v) is 2.76. The van der Waals surface area contributed by atoms with Gasteiger partial charge < -0.3 is 5.73 Å². The van der Waals surface area contributed by atoms with Crippen LogP contribution in [0.15, 0.2) is 18.2 Å². The zero-order valence-corrected chi connectivity index (χ0v) is 9.60. The molecule has 0 saturated heterocycles. The first kappa shape index (κ1) is 13.0. The van der Waals surface area contributed by atoms with Crippen LogP contribution in [0.25, 0.3) is 0 Å². The van der Waals surface area contributed by atoms with Crippen molar-refractivity contribution in [3.8, 4) is 0 Å². The topological polar surface area (TPSA) is 26.0 Å². The Kier molecular flexibility index (Phi) is 3.63. The minimum absolute atomic E-state index is 0.113. The Labute approximate surface area is 93.5 Å². The lowest BCUT2D eigenvalue weighted by atomic mass is 9.91. The number of benzene rings is 1. The van der Waals surface area contributed by atoms with E-state index in [2.05, 4.69) is 0 Å². The van der Waals surface area contributed by atoms with Crippen LogP contribution in [0.1, 0.15) is 36.6 Å². The van der Waals surface area contributed by atoms with Gasteiger partial charge in [-0.15, -0.1) is 0 Å². The van der Waals surface area contributed by atoms with Crippen LogP contribution in [0.5, 0.6) is 0 Å². The first-order valence-electron chi connectivity index (χ1n) is 5.17. The minimum atomic E-state index is -4.31. The summed E-state index contributed by atoms with van der Waals surface area (Å²) in [5.74, 6) is 0.113. The fourth-order valence-corrected chi connectivity index (χ4v) is 1.68. The number of halogens is 3. The second kappa shape index (κ2) is 4.45. The van der Waals surface area contributed by atoms with Gasteiger partial charge in [-0.1, -0.05) is 26.0 Å². The van der Waals surface area contributed by atoms with Crippen LogP contribution in [0.2, 0.25) is 0 Å². The van der Waals surface area contributed by atoms with Crippen LogP contribution >= 0.6 is 0 Å². The summed E-state index contributed by atoms with van der Waals surface area (Å²) in [5, 5.41) is 0. The zero-order valence-electron chi connectivity index (χ0n) is 9.60. The van der Waals surface area contributed by atoms with Gasteiger partial charge in [0.1, 0.15) is 0 Å². The third kappa shape index (κ3) is 2.55. The molecule has 0 spiro atoms. The normalized spacial score (nSPS) is 14.2. The van der Waals surface area contributed by atoms with Crippen molar-refractivity contribution >= 4 is 0 Å². The summed E-state index contributed by atoms with van der Waals surface area (Å²) in [6.07, 6.45) is -4.31. The monoisotopic (exact) mass is 231 g/mol. The Morgan fingerprint density at radius 2 is 1.75 bits per heavy atom. The van der Waals surface area contributed by atoms with Crippen LogP contribution in [0.3, 0.4) is 0 Å². The largest absolute Gasteiger partial charge is 0.416 e. The SMILES string of the molecule is Cc1c([C@@H](N)C(C)C)cccc1C(F)(F)F. The molecule has 0 aliphatic carbocycles. The lowest BCUT2D eigenvalue weighted by Gasteiger charge is -2.21. The van der Waals surface area contributed by atoms with Crippen molar-refractivity contribution in [2.24, 2.45) is 11.7 Å². The van der Waals surface area contributed by atoms with Crippen molar-refractivity contribution in [1.82, 2.24) is 0 Å². The highest BCUT2D eigenvalue weighted by molar-refractivity contribution is 5.37. The summed E-state index contributed by atoms with van der Waals surface area (Å²) >= 11 is 0. The first-order valence-corrected chi connectivity index (χ1v) is 5.17. The molecule has 0 aromatic heterocycles. The average molecular weight is 231 g/mol. The Hall–Kier alpha value is -1.03. The molecule has 0 radical (unpaired) electrons. The van der Waals surface area contributed by atoms with Crippen molar-refractivity contribution in [3.05, 3.63) is 34.9 Å². The number of nitrogens with two attached hydrogens (primary N) is 1. The molecule has 0 bridgehead atoms. The van der Waals surface area contributed by atoms with Crippen molar-refractivity contribution in [3.63, 3.8) is 0 Å². The molecule has 0 fully saturated rings. The maximum absolute atomic E-state index is 12.7. The van der Waals surface area contributed by atoms with E-state index in [1.807, 2.05) is 13.8 Å². The number of hydrogen-bond donors (Lipinski definition) is 1. The molecule has 1 atom stereocenters. The molecule has 0 heterocycles. The van der Waals surface area contributed by atoms with Gasteiger partial charge in [0.15, 0.2) is 0 Å². The number of rotatable bonds is 2. The maximum atomic E-state index is 12.7. The van der Waals surface area contributed by atoms with Gasteiger partial charge in [-0.05, 0) is 30.0 Å². The van der Waals surface area contributed by atoms with E-state index in [1.165, 1.54) is 13.0 Å². The lowest BCUT2D eigenvalue weighted by molar-refractivity contribution is -0.138. The second-order valence-corrected chi connectivity index (χ2v) is 4.29. The van der Waals surface area contributed by atoms with Crippen molar-refractivity contribution in [2.75, 3.05) is 0 Å². The first-order chi connectivity index (χ1) is 7.25. The Morgan fingerprint density at radius 1 is 1.19 bits per heavy atom. The summed E-state index contributed by atoms with van der Waals surface area (Å²) in [4.78, 5) is 0. The highest BCUT2D eigenvalue weighted by atomic mass is 19.4. The van der Waals surface area contributed by atoms with Gasteiger partial charge in [0.2, 0.25) is 0 Å². The number of alkyl halides is 3. The summed E-state index contributed by atoms with van der Waals surface area (Å²) in [6.45, 7) is 5.26. The summed E-state index contributed by atoms with van der Waals surface area (Å²) in [7, 11) is 0. The van der Waals surface area contributed by atoms with Gasteiger partial charge in [0.05, 0.1) is 5.56 Å². The molecule has 0 aliphatic rings. The molecule has 2 N–H and O–H groups in total. The predicted molar refractivity (Wildman–Crippen MR) is 57.9 cm³/mol. The van der Waals surface area contributed by atoms with E-state index >= 15 is 0 Å². The molecule has 0 saturated carbocycles. The molecule has 4 heteroatoms. The quantitative estimate of drug-likeness (QED) is 0.825. The van der Waals surface area contributed by atoms with Crippen molar-refractivity contribution in [1.29, 1.82) is 0 Å². The molecule has 0 aliphatic heterocycles. The molecule has 0 amide bonds. The van der Waals surface area contributed by atoms with Crippen LogP contribution in [-0.4, -0.2) is 0 Å². The minimum Gasteiger partial charge on any atom is -0.324 e. The van der Waals surface area contributed by atoms with Gasteiger partial charge in [-0.3, -0.25) is 0 Å². The molecule has 16 heavy (non-hydrogen) atoms. The second-order valence-electron chi connectivity index (χ2n) is 4.29. The summed E-state index contributed by atoms with van der Waals surface area (Å²) < 4.78 is 38.0. The predicted octanol–water partition coefficient (Wildman–Crippen LogP) is 3.67. The molecule has 1 rings (SSSR count). The fraction of sp³-hybridized carbons (Fsp3) is 0.500. The van der Waals surface area contributed by atoms with Crippen LogP contribution in [0.4, 0.5) is 13.2 Å². The fourth-order valence-electron chi connectivity index (χ4n) is 1.68. The number of hydrogen-bond acceptors (Lipinski definition) is 1. The van der Waals surface area contributed by atoms with Gasteiger partial charge in [-0.25, -0.2) is 0 Å². The maximum Gasteiger partial charge on any atom is 0.416 e. The van der Waals surface area contributed by atoms with Crippen LogP contribution in [-0.2, 0) is 6.18 Å². The van der Waals surface area contributed by atoms with E-state index in [-0.39, 0.29) is 17.5 Å². The van der Waals surface area contributed by atoms with E-state index in [4.69, 9.17) is 5.73 Å². The average Bonchev–Trinajstić information content (AvgIpc) is 2.15. The standard InChI is InChI=1S/C12H16F3N/c1-7(2)11(16)9-5-4-6-10(8(9)3)12(13,14)15/h4-7,11H,16H2,1-3H3/t11-/m0/s1. The molecule has 1 aromatic rings. The molecule has 1 aromatic carbocycles. The summed E-state index contributed by atoms with van der Waals surface area (Å²) in [6, 6.07) is 3.80. The Bertz CT molecular complexity index is 369. The molecule has 1 nitrogen and oxygen atoms in total. The van der Waals surface area contributed by atoms with Gasteiger partial charge in [0, 0.05) is 6.04 Å². The summed E-state index contributed by atoms with van der Waals surface area (Å²) in [5.41, 5.74) is 6.09. The van der Waals surface area contributed by atoms with Crippen molar-refractivity contribution < 1.29 is 13.2 Å². The highest BCUT2D eigenvalue weighted by Gasteiger charge is 2.33. The lowest BCUT2D eigenvalue weighted by Crippen LogP contribution is -2.19. The van der Waals surface area contributed by atoms with E-state index in [9.17, 15) is 13.2 Å². The van der Waals surface area contributed by atoms with Gasteiger partial charge in [-0.2, -0.15) is 13.2 Å². The third-order valence-electron chi connectivity index (χ3n) is 2.76. The van der Waals surface area contributed by atoms with Crippen LogP contribution < -0.4 is 5.73 Å². The van der Waals surface area contributed by atoms with E-state index in [1.54, 1.807) is 6.07 Å². The van der Waals surface area contributed by atoms with E-state index in [0.29, 0.717) is 5.56 Å². The van der Waals surface area contributed by atoms with Crippen LogP contribution in [0, 0.1) is 12.8 Å². The van der Waals surface area contributed by atoms with Gasteiger partial charge in [0.25, 0.3) is 0 Å². The Balaban J connectivity index is 3.24. The molecular weight excluding hydrogens is 215 g/mol. The van der Waals surface area contributed by atoms with Gasteiger partial charge >= 0.3 is 6.18 Å². The van der Waals surface area contributed by atoms with Crippen molar-refractivity contribution in [2.45, 2.75) is 33.0 Å². The van der Waals surface area contributed by atoms with E-state index in [0.717, 1.165) is 6.07 Å². The Morgan fingerprint density at radius 3 is 2.19 bits per heavy atom. The molecule has 90 valence electrons. The highest BCUT2D eigenvalue weighted by Crippen LogP contribution is 2.35. The molecular formula is C12H16F3N. The smallest absolute Gasteiger partial charge is 0.324 e. The van der Waals surface area contributed by atoms with E-state index < -0.39 is 11.7 Å².